The van der Waals surface area contributed by atoms with E-state index >= 15 is 0 Å². The zero-order valence-corrected chi connectivity index (χ0v) is 39.5. The third-order valence-corrected chi connectivity index (χ3v) is 22.6. The molecule has 8 fully saturated rings. The first kappa shape index (κ1) is 44.0. The molecular weight excluding hydrogens is 769 g/mol. The Bertz CT molecular complexity index is 1930. The molecule has 342 valence electrons. The summed E-state index contributed by atoms with van der Waals surface area (Å²) < 4.78 is 12.5. The van der Waals surface area contributed by atoms with Crippen LogP contribution in [0.5, 0.6) is 0 Å². The fourth-order valence-electron chi connectivity index (χ4n) is 19.9. The molecule has 3 N–H and O–H groups in total. The SMILES string of the molecule is CCCC1C2(O)CC(O)C3C1(CCC14C#CCC(CCC5CCCC5)CCC56C(CCC7C5C(C)(CCC7(C)C(=O)O)CCC61C)CC34C)C(Cc1ccc(CCOC)cc1)O2. The summed E-state index contributed by atoms with van der Waals surface area (Å²) >= 11 is 0. The van der Waals surface area contributed by atoms with Crippen molar-refractivity contribution in [3.63, 3.8) is 0 Å². The van der Waals surface area contributed by atoms with Gasteiger partial charge in [-0.15, -0.1) is 5.92 Å². The Morgan fingerprint density at radius 1 is 0.839 bits per heavy atom. The number of ether oxygens (including phenoxy) is 2. The lowest BCUT2D eigenvalue weighted by molar-refractivity contribution is -0.348. The molecule has 1 aliphatic heterocycles. The van der Waals surface area contributed by atoms with Gasteiger partial charge in [0.25, 0.3) is 0 Å². The minimum absolute atomic E-state index is 0.00595. The number of hydrogen-bond donors (Lipinski definition) is 3. The number of carboxylic acid groups (broad SMARTS) is 1. The largest absolute Gasteiger partial charge is 0.481 e. The molecule has 16 atom stereocenters. The van der Waals surface area contributed by atoms with E-state index in [1.54, 1.807) is 7.11 Å². The molecule has 62 heavy (non-hydrogen) atoms. The van der Waals surface area contributed by atoms with Crippen molar-refractivity contribution < 1.29 is 29.6 Å². The molecule has 0 amide bonds. The second kappa shape index (κ2) is 15.3. The molecule has 8 aliphatic carbocycles. The molecule has 16 unspecified atom stereocenters. The zero-order valence-electron chi connectivity index (χ0n) is 39.5. The van der Waals surface area contributed by atoms with Crippen LogP contribution in [0.2, 0.25) is 0 Å². The van der Waals surface area contributed by atoms with Gasteiger partial charge < -0.3 is 24.8 Å². The highest BCUT2D eigenvalue weighted by atomic mass is 16.6. The average Bonchev–Trinajstić information content (AvgIpc) is 3.82. The van der Waals surface area contributed by atoms with Crippen molar-refractivity contribution in [1.29, 1.82) is 0 Å². The lowest BCUT2D eigenvalue weighted by Gasteiger charge is -2.82. The summed E-state index contributed by atoms with van der Waals surface area (Å²) in [6, 6.07) is 8.99. The molecule has 9 aliphatic rings. The van der Waals surface area contributed by atoms with Gasteiger partial charge in [-0.2, -0.15) is 0 Å². The third kappa shape index (κ3) is 5.84. The van der Waals surface area contributed by atoms with E-state index in [2.05, 4.69) is 70.7 Å². The first-order chi connectivity index (χ1) is 29.6. The molecule has 1 aromatic carbocycles. The van der Waals surface area contributed by atoms with Crippen molar-refractivity contribution in [3.05, 3.63) is 35.4 Å². The predicted molar refractivity (Wildman–Crippen MR) is 244 cm³/mol. The topological polar surface area (TPSA) is 96.2 Å². The molecule has 6 heteroatoms. The summed E-state index contributed by atoms with van der Waals surface area (Å²) in [5.41, 5.74) is 0.758. The van der Waals surface area contributed by atoms with E-state index in [1.807, 2.05) is 0 Å². The molecular formula is C56H82O6. The standard InChI is InChI=1S/C56H82O6/c1-7-11-44-54-32-31-53-25-10-14-38(16-15-37-12-8-9-13-37)23-26-55-41(21-22-42-46(55)49(2,28-30-52(53,55)5)27-29-50(42,3)48(58)59)35-51(53,4)47(54)43(57)36-56(44,60)62-45(54)34-40-19-17-39(18-20-40)24-33-61-6/h17-20,37-38,41-47,57,60H,7-9,11-16,21-24,26-36H2,1-6H3,(H,58,59). The maximum Gasteiger partial charge on any atom is 0.309 e. The number of carboxylic acids is 1. The summed E-state index contributed by atoms with van der Waals surface area (Å²) in [4.78, 5) is 13.6. The van der Waals surface area contributed by atoms with Gasteiger partial charge in [0.05, 0.1) is 24.2 Å². The normalized spacial score (nSPS) is 50.2. The van der Waals surface area contributed by atoms with Crippen LogP contribution in [0.1, 0.15) is 181 Å². The van der Waals surface area contributed by atoms with Gasteiger partial charge >= 0.3 is 5.97 Å². The van der Waals surface area contributed by atoms with Crippen molar-refractivity contribution in [2.75, 3.05) is 13.7 Å². The number of aliphatic carboxylic acids is 1. The van der Waals surface area contributed by atoms with Crippen LogP contribution < -0.4 is 0 Å². The molecule has 1 saturated heterocycles. The smallest absolute Gasteiger partial charge is 0.309 e. The summed E-state index contributed by atoms with van der Waals surface area (Å²) in [6.07, 6.45) is 23.5. The quantitative estimate of drug-likeness (QED) is 0.192. The van der Waals surface area contributed by atoms with Crippen LogP contribution in [0.4, 0.5) is 0 Å². The third-order valence-electron chi connectivity index (χ3n) is 22.6. The first-order valence-corrected chi connectivity index (χ1v) is 26.0. The highest BCUT2D eigenvalue weighted by molar-refractivity contribution is 5.75. The van der Waals surface area contributed by atoms with Crippen LogP contribution in [-0.2, 0) is 27.1 Å². The summed E-state index contributed by atoms with van der Waals surface area (Å²) in [5, 5.41) is 37.0. The Morgan fingerprint density at radius 3 is 2.29 bits per heavy atom. The molecule has 10 rings (SSSR count). The number of hydrogen-bond acceptors (Lipinski definition) is 5. The van der Waals surface area contributed by atoms with Gasteiger partial charge in [0.15, 0.2) is 5.79 Å². The first-order valence-electron chi connectivity index (χ1n) is 26.0. The Hall–Kier alpha value is -1.91. The average molecular weight is 851 g/mol. The Labute approximate surface area is 374 Å². The van der Waals surface area contributed by atoms with Crippen LogP contribution in [0.15, 0.2) is 24.3 Å². The molecule has 7 saturated carbocycles. The maximum absolute atomic E-state index is 13.6. The highest BCUT2D eigenvalue weighted by Crippen LogP contribution is 2.88. The fourth-order valence-corrected chi connectivity index (χ4v) is 19.9. The minimum atomic E-state index is -1.34. The van der Waals surface area contributed by atoms with Crippen molar-refractivity contribution >= 4 is 5.97 Å². The fraction of sp³-hybridized carbons (Fsp3) is 0.839. The number of rotatable bonds is 11. The molecule has 0 radical (unpaired) electrons. The Kier molecular flexibility index (Phi) is 10.9. The van der Waals surface area contributed by atoms with Crippen LogP contribution in [-0.4, -0.2) is 53.0 Å². The van der Waals surface area contributed by atoms with Crippen LogP contribution in [0.3, 0.4) is 0 Å². The van der Waals surface area contributed by atoms with Gasteiger partial charge in [-0.3, -0.25) is 4.79 Å². The van der Waals surface area contributed by atoms with Gasteiger partial charge in [-0.05, 0) is 166 Å². The van der Waals surface area contributed by atoms with Crippen molar-refractivity contribution in [3.8, 4) is 11.8 Å². The number of carbonyl (C=O) groups is 1. The van der Waals surface area contributed by atoms with Crippen molar-refractivity contribution in [2.45, 2.75) is 200 Å². The Balaban J connectivity index is 1.13. The lowest BCUT2D eigenvalue weighted by atomic mass is 9.21. The van der Waals surface area contributed by atoms with Crippen LogP contribution in [0.25, 0.3) is 0 Å². The zero-order chi connectivity index (χ0) is 43.6. The van der Waals surface area contributed by atoms with Gasteiger partial charge in [-0.1, -0.05) is 96.4 Å². The summed E-state index contributed by atoms with van der Waals surface area (Å²) in [7, 11) is 1.76. The van der Waals surface area contributed by atoms with Gasteiger partial charge in [-0.25, -0.2) is 0 Å². The van der Waals surface area contributed by atoms with E-state index in [0.717, 1.165) is 95.8 Å². The van der Waals surface area contributed by atoms with Gasteiger partial charge in [0, 0.05) is 42.6 Å². The van der Waals surface area contributed by atoms with E-state index in [-0.39, 0.29) is 62.8 Å². The summed E-state index contributed by atoms with van der Waals surface area (Å²) in [5.74, 6) is 8.92. The predicted octanol–water partition coefficient (Wildman–Crippen LogP) is 11.6. The molecule has 4 bridgehead atoms. The highest BCUT2D eigenvalue weighted by Gasteiger charge is 2.85. The van der Waals surface area contributed by atoms with Crippen molar-refractivity contribution in [2.24, 2.45) is 79.3 Å². The number of benzene rings is 1. The van der Waals surface area contributed by atoms with E-state index in [1.165, 1.54) is 62.5 Å². The van der Waals surface area contributed by atoms with E-state index in [4.69, 9.17) is 9.47 Å². The number of aliphatic hydroxyl groups excluding tert-OH is 1. The monoisotopic (exact) mass is 851 g/mol. The Morgan fingerprint density at radius 2 is 1.56 bits per heavy atom. The van der Waals surface area contributed by atoms with Crippen LogP contribution >= 0.6 is 0 Å². The molecule has 0 aromatic heterocycles. The van der Waals surface area contributed by atoms with Gasteiger partial charge in [0.1, 0.15) is 0 Å². The molecule has 1 heterocycles. The van der Waals surface area contributed by atoms with Gasteiger partial charge in [0.2, 0.25) is 0 Å². The van der Waals surface area contributed by atoms with Crippen molar-refractivity contribution in [1.82, 2.24) is 0 Å². The minimum Gasteiger partial charge on any atom is -0.481 e. The summed E-state index contributed by atoms with van der Waals surface area (Å²) in [6.45, 7) is 13.0. The number of methoxy groups -OCH3 is 1. The number of fused-ring (bicyclic) bond motifs is 2. The molecule has 1 aromatic rings. The van der Waals surface area contributed by atoms with E-state index < -0.39 is 23.3 Å². The lowest BCUT2D eigenvalue weighted by Crippen LogP contribution is -2.79. The maximum atomic E-state index is 13.6. The second-order valence-corrected chi connectivity index (χ2v) is 24.7. The van der Waals surface area contributed by atoms with E-state index in [0.29, 0.717) is 24.4 Å². The second-order valence-electron chi connectivity index (χ2n) is 24.7. The van der Waals surface area contributed by atoms with Crippen LogP contribution in [0, 0.1) is 91.2 Å². The number of aliphatic hydroxyl groups is 2. The van der Waals surface area contributed by atoms with E-state index in [9.17, 15) is 20.1 Å². The molecule has 3 spiro atoms. The molecule has 6 nitrogen and oxygen atoms in total.